The van der Waals surface area contributed by atoms with Crippen LogP contribution in [0.4, 0.5) is 0 Å². The minimum Gasteiger partial charge on any atom is -1.00 e. The molecule has 4 heteroatoms. The molecule has 0 rings (SSSR count). The van der Waals surface area contributed by atoms with Gasteiger partial charge >= 0.3 is 35.5 Å². The molecule has 0 amide bonds. The summed E-state index contributed by atoms with van der Waals surface area (Å²) in [5.41, 5.74) is 0. The van der Waals surface area contributed by atoms with Crippen LogP contribution in [0.3, 0.4) is 0 Å². The van der Waals surface area contributed by atoms with Crippen LogP contribution >= 0.6 is 16.3 Å². The van der Waals surface area contributed by atoms with E-state index in [1.165, 1.54) is 0 Å². The summed E-state index contributed by atoms with van der Waals surface area (Å²) in [6.45, 7) is 1.73. The van der Waals surface area contributed by atoms with Crippen LogP contribution in [0.2, 0.25) is 0 Å². The molecular weight excluding hydrogens is 171 g/mol. The molecule has 0 fully saturated rings. The van der Waals surface area contributed by atoms with Crippen molar-refractivity contribution in [2.45, 2.75) is 13.3 Å². The van der Waals surface area contributed by atoms with Crippen LogP contribution in [-0.2, 0) is 8.62 Å². The maximum absolute atomic E-state index is 9.91. The molecule has 0 saturated carbocycles. The predicted octanol–water partition coefficient (Wildman–Crippen LogP) is -1.63. The SMILES string of the molecule is CCC(=O)OBr.[H-].[Na+]. The van der Waals surface area contributed by atoms with Gasteiger partial charge in [-0.05, 0) is 0 Å². The van der Waals surface area contributed by atoms with Crippen molar-refractivity contribution in [1.29, 1.82) is 0 Å². The smallest absolute Gasteiger partial charge is 1.00 e. The average molecular weight is 177 g/mol. The monoisotopic (exact) mass is 176 g/mol. The molecule has 7 heavy (non-hydrogen) atoms. The minimum absolute atomic E-state index is 0. The third-order valence-electron chi connectivity index (χ3n) is 0.375. The van der Waals surface area contributed by atoms with Gasteiger partial charge in [0.15, 0.2) is 16.3 Å². The average Bonchev–Trinajstić information content (AvgIpc) is 1.65. The molecule has 0 aromatic rings. The molecular formula is C3H6BrNaO2. The fourth-order valence-electron chi connectivity index (χ4n) is 0.0546. The van der Waals surface area contributed by atoms with Crippen LogP contribution in [0.25, 0.3) is 0 Å². The molecule has 0 aromatic heterocycles. The molecule has 0 aliphatic rings. The van der Waals surface area contributed by atoms with Crippen LogP contribution < -0.4 is 29.6 Å². The van der Waals surface area contributed by atoms with Crippen molar-refractivity contribution in [2.75, 3.05) is 0 Å². The van der Waals surface area contributed by atoms with Gasteiger partial charge in [-0.3, -0.25) is 4.79 Å². The summed E-state index contributed by atoms with van der Waals surface area (Å²) in [7, 11) is 0. The van der Waals surface area contributed by atoms with Crippen LogP contribution in [0.15, 0.2) is 0 Å². The topological polar surface area (TPSA) is 26.3 Å². The summed E-state index contributed by atoms with van der Waals surface area (Å²) in [5, 5.41) is 0. The number of carbonyl (C=O) groups is 1. The molecule has 0 unspecified atom stereocenters. The first-order valence-electron chi connectivity index (χ1n) is 1.62. The van der Waals surface area contributed by atoms with Crippen molar-refractivity contribution >= 4 is 22.2 Å². The van der Waals surface area contributed by atoms with E-state index in [1.54, 1.807) is 6.92 Å². The zero-order chi connectivity index (χ0) is 4.99. The Morgan fingerprint density at radius 2 is 2.43 bits per heavy atom. The summed E-state index contributed by atoms with van der Waals surface area (Å²) < 4.78 is 4.07. The number of halogens is 1. The Bertz CT molecular complexity index is 55.2. The number of hydrogen-bond donors (Lipinski definition) is 0. The van der Waals surface area contributed by atoms with E-state index in [9.17, 15) is 4.79 Å². The van der Waals surface area contributed by atoms with E-state index >= 15 is 0 Å². The van der Waals surface area contributed by atoms with Gasteiger partial charge in [0.25, 0.3) is 0 Å². The van der Waals surface area contributed by atoms with Gasteiger partial charge in [-0.1, -0.05) is 6.92 Å². The van der Waals surface area contributed by atoms with E-state index in [-0.39, 0.29) is 37.0 Å². The second-order valence-electron chi connectivity index (χ2n) is 0.803. The van der Waals surface area contributed by atoms with Gasteiger partial charge in [-0.15, -0.1) is 0 Å². The zero-order valence-electron chi connectivity index (χ0n) is 5.40. The maximum Gasteiger partial charge on any atom is 1.00 e. The number of rotatable bonds is 1. The molecule has 0 aromatic carbocycles. The zero-order valence-corrected chi connectivity index (χ0v) is 7.99. The summed E-state index contributed by atoms with van der Waals surface area (Å²) in [6.07, 6.45) is 0.422. The van der Waals surface area contributed by atoms with E-state index < -0.39 is 0 Å². The molecule has 0 radical (unpaired) electrons. The first-order valence-corrected chi connectivity index (χ1v) is 2.27. The van der Waals surface area contributed by atoms with Crippen molar-refractivity contribution in [3.63, 3.8) is 0 Å². The van der Waals surface area contributed by atoms with Gasteiger partial charge in [0.1, 0.15) is 0 Å². The standard InChI is InChI=1S/C3H5BrO2.Na.H/c1-2-3(5)6-4;;/h2H2,1H3;;/q;+1;-1. The first kappa shape index (κ1) is 10.8. The molecule has 0 bridgehead atoms. The Hall–Kier alpha value is 0.950. The molecule has 0 saturated heterocycles. The molecule has 0 N–H and O–H groups in total. The maximum atomic E-state index is 9.91. The Kier molecular flexibility index (Phi) is 10.8. The van der Waals surface area contributed by atoms with Crippen molar-refractivity contribution in [3.8, 4) is 0 Å². The van der Waals surface area contributed by atoms with Crippen LogP contribution in [0, 0.1) is 0 Å². The summed E-state index contributed by atoms with van der Waals surface area (Å²) >= 11 is 2.53. The molecule has 2 nitrogen and oxygen atoms in total. The molecule has 0 atom stereocenters. The largest absolute Gasteiger partial charge is 1.00 e. The van der Waals surface area contributed by atoms with Gasteiger partial charge < -0.3 is 5.25 Å². The van der Waals surface area contributed by atoms with Crippen molar-refractivity contribution in [3.05, 3.63) is 0 Å². The minimum atomic E-state index is -0.241. The Morgan fingerprint density at radius 1 is 2.00 bits per heavy atom. The van der Waals surface area contributed by atoms with E-state index in [0.29, 0.717) is 6.42 Å². The second-order valence-corrected chi connectivity index (χ2v) is 1.13. The fourth-order valence-corrected chi connectivity index (χ4v) is 0.283. The van der Waals surface area contributed by atoms with Gasteiger partial charge in [-0.25, -0.2) is 0 Å². The predicted molar refractivity (Wildman–Crippen MR) is 26.4 cm³/mol. The van der Waals surface area contributed by atoms with Gasteiger partial charge in [0, 0.05) is 6.42 Å². The molecule has 0 aliphatic carbocycles. The third kappa shape index (κ3) is 6.95. The van der Waals surface area contributed by atoms with Gasteiger partial charge in [-0.2, -0.15) is 0 Å². The van der Waals surface area contributed by atoms with Gasteiger partial charge in [0.2, 0.25) is 0 Å². The Balaban J connectivity index is -0.000000125. The molecule has 0 aliphatic heterocycles. The van der Waals surface area contributed by atoms with Crippen LogP contribution in [0.5, 0.6) is 0 Å². The van der Waals surface area contributed by atoms with Crippen molar-refractivity contribution in [2.24, 2.45) is 0 Å². The van der Waals surface area contributed by atoms with E-state index in [1.807, 2.05) is 0 Å². The normalized spacial score (nSPS) is 6.57. The van der Waals surface area contributed by atoms with Crippen LogP contribution in [0.1, 0.15) is 14.8 Å². The Labute approximate surface area is 74.8 Å². The van der Waals surface area contributed by atoms with E-state index in [2.05, 4.69) is 20.1 Å². The fraction of sp³-hybridized carbons (Fsp3) is 0.667. The van der Waals surface area contributed by atoms with Crippen LogP contribution in [-0.4, -0.2) is 5.97 Å². The summed E-state index contributed by atoms with van der Waals surface area (Å²) in [4.78, 5) is 9.91. The summed E-state index contributed by atoms with van der Waals surface area (Å²) in [6, 6.07) is 0. The number of carbonyl (C=O) groups excluding carboxylic acids is 1. The molecule has 0 spiro atoms. The molecule has 38 valence electrons. The third-order valence-corrected chi connectivity index (χ3v) is 0.736. The summed E-state index contributed by atoms with van der Waals surface area (Å²) in [5.74, 6) is -0.241. The molecule has 0 heterocycles. The second kappa shape index (κ2) is 6.95. The Morgan fingerprint density at radius 3 is 2.43 bits per heavy atom. The van der Waals surface area contributed by atoms with Gasteiger partial charge in [0.05, 0.1) is 0 Å². The van der Waals surface area contributed by atoms with E-state index in [4.69, 9.17) is 0 Å². The number of hydrogen-bond acceptors (Lipinski definition) is 2. The van der Waals surface area contributed by atoms with Crippen molar-refractivity contribution in [1.82, 2.24) is 0 Å². The quantitative estimate of drug-likeness (QED) is 0.449. The first-order chi connectivity index (χ1) is 2.81. The van der Waals surface area contributed by atoms with Crippen molar-refractivity contribution < 1.29 is 39.6 Å². The van der Waals surface area contributed by atoms with E-state index in [0.717, 1.165) is 0 Å².